The van der Waals surface area contributed by atoms with Gasteiger partial charge in [0.15, 0.2) is 5.78 Å². The van der Waals surface area contributed by atoms with Gasteiger partial charge in [-0.2, -0.15) is 0 Å². The highest BCUT2D eigenvalue weighted by atomic mass is 35.5. The zero-order chi connectivity index (χ0) is 20.5. The lowest BCUT2D eigenvalue weighted by molar-refractivity contribution is -0.121. The lowest BCUT2D eigenvalue weighted by Gasteiger charge is -2.32. The fourth-order valence-electron chi connectivity index (χ4n) is 3.72. The summed E-state index contributed by atoms with van der Waals surface area (Å²) in [6, 6.07) is 17.3. The van der Waals surface area contributed by atoms with E-state index in [4.69, 9.17) is 11.6 Å². The van der Waals surface area contributed by atoms with Crippen LogP contribution in [0.1, 0.15) is 48.0 Å². The van der Waals surface area contributed by atoms with Crippen LogP contribution < -0.4 is 5.32 Å². The predicted molar refractivity (Wildman–Crippen MR) is 117 cm³/mol. The van der Waals surface area contributed by atoms with Crippen LogP contribution in [0.4, 0.5) is 0 Å². The van der Waals surface area contributed by atoms with Crippen molar-refractivity contribution < 1.29 is 9.59 Å². The van der Waals surface area contributed by atoms with Gasteiger partial charge in [-0.15, -0.1) is 0 Å². The largest absolute Gasteiger partial charge is 0.356 e. The van der Waals surface area contributed by atoms with Gasteiger partial charge in [-0.25, -0.2) is 0 Å². The lowest BCUT2D eigenvalue weighted by Crippen LogP contribution is -2.38. The highest BCUT2D eigenvalue weighted by molar-refractivity contribution is 6.30. The summed E-state index contributed by atoms with van der Waals surface area (Å²) in [4.78, 5) is 26.6. The minimum Gasteiger partial charge on any atom is -0.356 e. The number of rotatable bonds is 9. The number of ketones is 1. The first-order valence-electron chi connectivity index (χ1n) is 10.4. The second-order valence-electron chi connectivity index (χ2n) is 7.79. The molecule has 4 nitrogen and oxygen atoms in total. The number of hydrogen-bond donors (Lipinski definition) is 1. The molecule has 2 aromatic rings. The van der Waals surface area contributed by atoms with Crippen molar-refractivity contribution in [3.8, 4) is 0 Å². The van der Waals surface area contributed by atoms with Gasteiger partial charge in [0.05, 0.1) is 0 Å². The van der Waals surface area contributed by atoms with Crippen molar-refractivity contribution in [2.24, 2.45) is 5.92 Å². The van der Waals surface area contributed by atoms with E-state index in [1.165, 1.54) is 5.56 Å². The van der Waals surface area contributed by atoms with E-state index in [2.05, 4.69) is 22.3 Å². The molecule has 2 aromatic carbocycles. The monoisotopic (exact) mass is 412 g/mol. The van der Waals surface area contributed by atoms with E-state index in [1.54, 1.807) is 0 Å². The summed E-state index contributed by atoms with van der Waals surface area (Å²) in [5.41, 5.74) is 2.00. The minimum absolute atomic E-state index is 0.0504. The van der Waals surface area contributed by atoms with Gasteiger partial charge in [-0.05, 0) is 56.0 Å². The van der Waals surface area contributed by atoms with Crippen LogP contribution in [0.2, 0.25) is 5.02 Å². The number of benzene rings is 2. The Morgan fingerprint density at radius 2 is 1.66 bits per heavy atom. The molecule has 1 fully saturated rings. The molecule has 0 saturated carbocycles. The molecule has 1 aliphatic rings. The third-order valence-electron chi connectivity index (χ3n) is 5.52. The molecule has 5 heteroatoms. The SMILES string of the molecule is O=C(CCCC(=O)c1ccccc1)NCC1CCN(Cc2ccc(Cl)cc2)CC1. The first kappa shape index (κ1) is 21.5. The van der Waals surface area contributed by atoms with Crippen molar-refractivity contribution in [3.05, 3.63) is 70.7 Å². The fourth-order valence-corrected chi connectivity index (χ4v) is 3.85. The number of nitrogens with zero attached hydrogens (tertiary/aromatic N) is 1. The number of amides is 1. The molecule has 1 saturated heterocycles. The van der Waals surface area contributed by atoms with Crippen LogP contribution in [0, 0.1) is 5.92 Å². The van der Waals surface area contributed by atoms with Crippen molar-refractivity contribution in [2.75, 3.05) is 19.6 Å². The Morgan fingerprint density at radius 3 is 2.34 bits per heavy atom. The number of carbonyl (C=O) groups excluding carboxylic acids is 2. The quantitative estimate of drug-likeness (QED) is 0.606. The Morgan fingerprint density at radius 1 is 0.966 bits per heavy atom. The maximum Gasteiger partial charge on any atom is 0.220 e. The van der Waals surface area contributed by atoms with Crippen molar-refractivity contribution in [2.45, 2.75) is 38.6 Å². The average molecular weight is 413 g/mol. The topological polar surface area (TPSA) is 49.4 Å². The normalized spacial score (nSPS) is 15.2. The number of likely N-dealkylation sites (tertiary alicyclic amines) is 1. The molecule has 0 radical (unpaired) electrons. The second-order valence-corrected chi connectivity index (χ2v) is 8.23. The number of piperidine rings is 1. The van der Waals surface area contributed by atoms with Gasteiger partial charge in [0, 0.05) is 36.5 Å². The number of halogens is 1. The predicted octanol–water partition coefficient (Wildman–Crippen LogP) is 4.72. The summed E-state index contributed by atoms with van der Waals surface area (Å²) in [5.74, 6) is 0.687. The standard InChI is InChI=1S/C24H29ClN2O2/c25-22-11-9-20(10-12-22)18-27-15-13-19(14-16-27)17-26-24(29)8-4-7-23(28)21-5-2-1-3-6-21/h1-3,5-6,9-12,19H,4,7-8,13-18H2,(H,26,29). The van der Waals surface area contributed by atoms with Crippen LogP contribution in [-0.2, 0) is 11.3 Å². The van der Waals surface area contributed by atoms with Crippen LogP contribution in [0.15, 0.2) is 54.6 Å². The highest BCUT2D eigenvalue weighted by Crippen LogP contribution is 2.19. The van der Waals surface area contributed by atoms with E-state index < -0.39 is 0 Å². The summed E-state index contributed by atoms with van der Waals surface area (Å²) >= 11 is 5.94. The summed E-state index contributed by atoms with van der Waals surface area (Å²) in [5, 5.41) is 3.82. The molecule has 0 unspecified atom stereocenters. The Bertz CT molecular complexity index is 784. The molecule has 1 heterocycles. The van der Waals surface area contributed by atoms with E-state index in [9.17, 15) is 9.59 Å². The van der Waals surface area contributed by atoms with Gasteiger partial charge in [-0.1, -0.05) is 54.1 Å². The van der Waals surface area contributed by atoms with Crippen LogP contribution in [0.3, 0.4) is 0 Å². The van der Waals surface area contributed by atoms with Gasteiger partial charge in [0.2, 0.25) is 5.91 Å². The van der Waals surface area contributed by atoms with Gasteiger partial charge in [0.25, 0.3) is 0 Å². The van der Waals surface area contributed by atoms with Crippen molar-refractivity contribution >= 4 is 23.3 Å². The maximum atomic E-state index is 12.1. The Labute approximate surface area is 178 Å². The third kappa shape index (κ3) is 7.30. The van der Waals surface area contributed by atoms with Crippen molar-refractivity contribution in [1.29, 1.82) is 0 Å². The molecule has 0 bridgehead atoms. The van der Waals surface area contributed by atoms with Crippen LogP contribution in [0.5, 0.6) is 0 Å². The maximum absolute atomic E-state index is 12.1. The van der Waals surface area contributed by atoms with E-state index in [1.807, 2.05) is 42.5 Å². The number of carbonyl (C=O) groups is 2. The number of hydrogen-bond acceptors (Lipinski definition) is 3. The van der Waals surface area contributed by atoms with Crippen LogP contribution >= 0.6 is 11.6 Å². The Balaban J connectivity index is 1.28. The molecule has 0 atom stereocenters. The summed E-state index contributed by atoms with van der Waals surface area (Å²) in [6.07, 6.45) is 3.62. The second kappa shape index (κ2) is 11.1. The molecule has 0 spiro atoms. The third-order valence-corrected chi connectivity index (χ3v) is 5.77. The molecule has 1 amide bonds. The Kier molecular flexibility index (Phi) is 8.26. The van der Waals surface area contributed by atoms with E-state index >= 15 is 0 Å². The molecule has 3 rings (SSSR count). The van der Waals surface area contributed by atoms with Gasteiger partial charge in [-0.3, -0.25) is 14.5 Å². The summed E-state index contributed by atoms with van der Waals surface area (Å²) in [7, 11) is 0. The summed E-state index contributed by atoms with van der Waals surface area (Å²) < 4.78 is 0. The van der Waals surface area contributed by atoms with E-state index in [0.717, 1.165) is 49.6 Å². The molecule has 154 valence electrons. The van der Waals surface area contributed by atoms with Crippen molar-refractivity contribution in [1.82, 2.24) is 10.2 Å². The molecule has 1 N–H and O–H groups in total. The number of Topliss-reactive ketones (excluding diaryl/α,β-unsaturated/α-hetero) is 1. The number of nitrogens with one attached hydrogen (secondary N) is 1. The summed E-state index contributed by atoms with van der Waals surface area (Å²) in [6.45, 7) is 3.79. The van der Waals surface area contributed by atoms with Gasteiger partial charge in [0.1, 0.15) is 0 Å². The highest BCUT2D eigenvalue weighted by Gasteiger charge is 2.19. The molecule has 0 aromatic heterocycles. The van der Waals surface area contributed by atoms with Crippen LogP contribution in [0.25, 0.3) is 0 Å². The van der Waals surface area contributed by atoms with Crippen molar-refractivity contribution in [3.63, 3.8) is 0 Å². The first-order chi connectivity index (χ1) is 14.1. The molecular formula is C24H29ClN2O2. The zero-order valence-corrected chi connectivity index (χ0v) is 17.5. The molecular weight excluding hydrogens is 384 g/mol. The minimum atomic E-state index is 0.0504. The lowest BCUT2D eigenvalue weighted by atomic mass is 9.96. The fraction of sp³-hybridized carbons (Fsp3) is 0.417. The van der Waals surface area contributed by atoms with Gasteiger partial charge < -0.3 is 5.32 Å². The molecule has 29 heavy (non-hydrogen) atoms. The first-order valence-corrected chi connectivity index (χ1v) is 10.8. The van der Waals surface area contributed by atoms with Gasteiger partial charge >= 0.3 is 0 Å². The molecule has 0 aliphatic carbocycles. The zero-order valence-electron chi connectivity index (χ0n) is 16.8. The van der Waals surface area contributed by atoms with E-state index in [-0.39, 0.29) is 11.7 Å². The molecule has 1 aliphatic heterocycles. The van der Waals surface area contributed by atoms with E-state index in [0.29, 0.717) is 25.2 Å². The smallest absolute Gasteiger partial charge is 0.220 e. The Hall–Kier alpha value is -2.17. The van der Waals surface area contributed by atoms with Crippen LogP contribution in [-0.4, -0.2) is 36.2 Å². The average Bonchev–Trinajstić information content (AvgIpc) is 2.75.